The Hall–Kier alpha value is -2.96. The quantitative estimate of drug-likeness (QED) is 0.266. The molecule has 4 rings (SSSR count). The molecule has 3 aromatic carbocycles. The lowest BCUT2D eigenvalue weighted by Crippen LogP contribution is -2.29. The summed E-state index contributed by atoms with van der Waals surface area (Å²) < 4.78 is 15.7. The van der Waals surface area contributed by atoms with Crippen LogP contribution in [0.15, 0.2) is 76.8 Å². The van der Waals surface area contributed by atoms with Gasteiger partial charge in [0.05, 0.1) is 11.6 Å². The molecule has 1 heterocycles. The third-order valence-corrected chi connectivity index (χ3v) is 6.29. The molecular formula is C24H16BrClFNO3. The molecule has 156 valence electrons. The minimum Gasteiger partial charge on any atom is -0.507 e. The first-order valence-corrected chi connectivity index (χ1v) is 10.5. The molecule has 0 aromatic heterocycles. The predicted octanol–water partition coefficient (Wildman–Crippen LogP) is 6.18. The van der Waals surface area contributed by atoms with Crippen LogP contribution in [0, 0.1) is 12.7 Å². The van der Waals surface area contributed by atoms with Gasteiger partial charge in [-0.2, -0.15) is 0 Å². The van der Waals surface area contributed by atoms with Crippen molar-refractivity contribution in [3.8, 4) is 0 Å². The summed E-state index contributed by atoms with van der Waals surface area (Å²) >= 11 is 9.50. The van der Waals surface area contributed by atoms with Crippen molar-refractivity contribution in [3.05, 3.63) is 104 Å². The number of aryl methyl sites for hydroxylation is 1. The molecule has 1 unspecified atom stereocenters. The topological polar surface area (TPSA) is 57.6 Å². The van der Waals surface area contributed by atoms with E-state index in [1.165, 1.54) is 29.2 Å². The highest BCUT2D eigenvalue weighted by atomic mass is 79.9. The summed E-state index contributed by atoms with van der Waals surface area (Å²) in [7, 11) is 0. The minimum atomic E-state index is -1.15. The van der Waals surface area contributed by atoms with E-state index >= 15 is 0 Å². The van der Waals surface area contributed by atoms with Gasteiger partial charge in [-0.3, -0.25) is 14.5 Å². The summed E-state index contributed by atoms with van der Waals surface area (Å²) in [6.07, 6.45) is 0. The van der Waals surface area contributed by atoms with Crippen molar-refractivity contribution in [2.75, 3.05) is 4.90 Å². The van der Waals surface area contributed by atoms with E-state index in [0.717, 1.165) is 10.0 Å². The first-order chi connectivity index (χ1) is 14.8. The van der Waals surface area contributed by atoms with Crippen molar-refractivity contribution in [2.24, 2.45) is 0 Å². The summed E-state index contributed by atoms with van der Waals surface area (Å²) in [4.78, 5) is 27.3. The number of aliphatic hydroxyl groups excluding tert-OH is 1. The fraction of sp³-hybridized carbons (Fsp3) is 0.0833. The Labute approximate surface area is 191 Å². The van der Waals surface area contributed by atoms with Gasteiger partial charge in [-0.1, -0.05) is 57.9 Å². The number of Topliss-reactive ketones (excluding diaryl/α,β-unsaturated/α-hetero) is 1. The monoisotopic (exact) mass is 499 g/mol. The number of aliphatic hydroxyl groups is 1. The van der Waals surface area contributed by atoms with Crippen LogP contribution in [0.5, 0.6) is 0 Å². The van der Waals surface area contributed by atoms with E-state index in [4.69, 9.17) is 11.6 Å². The van der Waals surface area contributed by atoms with Crippen LogP contribution >= 0.6 is 27.5 Å². The molecule has 7 heteroatoms. The average Bonchev–Trinajstić information content (AvgIpc) is 3.00. The zero-order valence-electron chi connectivity index (χ0n) is 16.3. The summed E-state index contributed by atoms with van der Waals surface area (Å²) in [5.74, 6) is -2.73. The number of amides is 1. The number of rotatable bonds is 3. The zero-order valence-corrected chi connectivity index (χ0v) is 18.6. The molecule has 3 aromatic rings. The Morgan fingerprint density at radius 3 is 2.48 bits per heavy atom. The van der Waals surface area contributed by atoms with Crippen LogP contribution in [0.2, 0.25) is 5.02 Å². The van der Waals surface area contributed by atoms with Crippen LogP contribution in [-0.4, -0.2) is 16.8 Å². The second kappa shape index (κ2) is 8.29. The van der Waals surface area contributed by atoms with Gasteiger partial charge in [0.25, 0.3) is 11.7 Å². The van der Waals surface area contributed by atoms with Gasteiger partial charge in [-0.25, -0.2) is 4.39 Å². The van der Waals surface area contributed by atoms with E-state index in [1.807, 2.05) is 6.92 Å². The lowest BCUT2D eigenvalue weighted by atomic mass is 9.94. The van der Waals surface area contributed by atoms with Crippen LogP contribution in [0.1, 0.15) is 22.7 Å². The van der Waals surface area contributed by atoms with Gasteiger partial charge in [-0.15, -0.1) is 0 Å². The highest BCUT2D eigenvalue weighted by Crippen LogP contribution is 2.43. The molecule has 4 nitrogen and oxygen atoms in total. The number of anilines is 1. The highest BCUT2D eigenvalue weighted by molar-refractivity contribution is 9.10. The molecule has 31 heavy (non-hydrogen) atoms. The molecule has 0 aliphatic carbocycles. The lowest BCUT2D eigenvalue weighted by Gasteiger charge is -2.26. The Balaban J connectivity index is 1.99. The van der Waals surface area contributed by atoms with Crippen LogP contribution < -0.4 is 4.90 Å². The molecule has 1 N–H and O–H groups in total. The van der Waals surface area contributed by atoms with E-state index in [1.54, 1.807) is 42.5 Å². The van der Waals surface area contributed by atoms with Crippen molar-refractivity contribution < 1.29 is 19.1 Å². The number of carbonyl (C=O) groups is 2. The van der Waals surface area contributed by atoms with Crippen molar-refractivity contribution in [1.29, 1.82) is 0 Å². The van der Waals surface area contributed by atoms with E-state index < -0.39 is 23.5 Å². The van der Waals surface area contributed by atoms with Crippen molar-refractivity contribution >= 4 is 50.7 Å². The zero-order chi connectivity index (χ0) is 22.3. The molecule has 1 fully saturated rings. The van der Waals surface area contributed by atoms with Gasteiger partial charge in [0.2, 0.25) is 0 Å². The van der Waals surface area contributed by atoms with Gasteiger partial charge >= 0.3 is 0 Å². The van der Waals surface area contributed by atoms with E-state index in [0.29, 0.717) is 16.3 Å². The van der Waals surface area contributed by atoms with Crippen molar-refractivity contribution in [2.45, 2.75) is 13.0 Å². The summed E-state index contributed by atoms with van der Waals surface area (Å²) in [5, 5.41) is 11.4. The summed E-state index contributed by atoms with van der Waals surface area (Å²) in [6.45, 7) is 1.83. The molecular weight excluding hydrogens is 485 g/mol. The molecule has 1 amide bonds. The fourth-order valence-electron chi connectivity index (χ4n) is 3.66. The van der Waals surface area contributed by atoms with Gasteiger partial charge in [-0.05, 0) is 48.9 Å². The number of halogens is 3. The number of carbonyl (C=O) groups excluding carboxylic acids is 2. The van der Waals surface area contributed by atoms with Gasteiger partial charge in [0.15, 0.2) is 0 Å². The molecule has 0 saturated carbocycles. The third-order valence-electron chi connectivity index (χ3n) is 5.16. The largest absolute Gasteiger partial charge is 0.507 e. The van der Waals surface area contributed by atoms with E-state index in [9.17, 15) is 19.1 Å². The SMILES string of the molecule is Cc1cc(/C(O)=C2\C(=O)C(=O)N(c3cccc(Cl)c3)C2c2ccccc2F)ccc1Br. The molecule has 0 radical (unpaired) electrons. The Bertz CT molecular complexity index is 1260. The van der Waals surface area contributed by atoms with E-state index in [-0.39, 0.29) is 16.9 Å². The Morgan fingerprint density at radius 1 is 1.06 bits per heavy atom. The molecule has 0 bridgehead atoms. The minimum absolute atomic E-state index is 0.0945. The number of hydrogen-bond donors (Lipinski definition) is 1. The Morgan fingerprint density at radius 2 is 1.81 bits per heavy atom. The number of nitrogens with zero attached hydrogens (tertiary/aromatic N) is 1. The Kier molecular flexibility index (Phi) is 5.69. The van der Waals surface area contributed by atoms with Crippen molar-refractivity contribution in [1.82, 2.24) is 0 Å². The standard InChI is InChI=1S/C24H16BrClFNO3/c1-13-11-14(9-10-18(13)25)22(29)20-21(17-7-2-3-8-19(17)27)28(24(31)23(20)30)16-6-4-5-15(26)12-16/h2-12,21,29H,1H3/b22-20+. The maximum atomic E-state index is 14.8. The van der Waals surface area contributed by atoms with E-state index in [2.05, 4.69) is 15.9 Å². The molecule has 1 saturated heterocycles. The fourth-order valence-corrected chi connectivity index (χ4v) is 4.09. The maximum Gasteiger partial charge on any atom is 0.300 e. The smallest absolute Gasteiger partial charge is 0.300 e. The first-order valence-electron chi connectivity index (χ1n) is 9.37. The number of benzene rings is 3. The summed E-state index contributed by atoms with van der Waals surface area (Å²) in [5.41, 5.74) is 1.42. The van der Waals surface area contributed by atoms with Crippen molar-refractivity contribution in [3.63, 3.8) is 0 Å². The first kappa shape index (κ1) is 21.3. The molecule has 1 aliphatic heterocycles. The molecule has 1 aliphatic rings. The van der Waals surface area contributed by atoms with Gasteiger partial charge in [0.1, 0.15) is 11.6 Å². The van der Waals surface area contributed by atoms with Crippen LogP contribution in [0.3, 0.4) is 0 Å². The van der Waals surface area contributed by atoms with Crippen LogP contribution in [0.25, 0.3) is 5.76 Å². The molecule has 0 spiro atoms. The highest BCUT2D eigenvalue weighted by Gasteiger charge is 2.47. The number of ketones is 1. The average molecular weight is 501 g/mol. The normalized spacial score (nSPS) is 17.9. The van der Waals surface area contributed by atoms with Crippen LogP contribution in [-0.2, 0) is 9.59 Å². The molecule has 1 atom stereocenters. The second-order valence-electron chi connectivity index (χ2n) is 7.13. The predicted molar refractivity (Wildman–Crippen MR) is 122 cm³/mol. The van der Waals surface area contributed by atoms with Crippen LogP contribution in [0.4, 0.5) is 10.1 Å². The lowest BCUT2D eigenvalue weighted by molar-refractivity contribution is -0.132. The third kappa shape index (κ3) is 3.77. The number of hydrogen-bond acceptors (Lipinski definition) is 3. The summed E-state index contributed by atoms with van der Waals surface area (Å²) in [6, 6.07) is 16.1. The maximum absolute atomic E-state index is 14.8. The second-order valence-corrected chi connectivity index (χ2v) is 8.43. The van der Waals surface area contributed by atoms with Gasteiger partial charge in [0, 0.05) is 26.3 Å². The van der Waals surface area contributed by atoms with Gasteiger partial charge < -0.3 is 5.11 Å².